The Kier molecular flexibility index (Phi) is 14.6. The Morgan fingerprint density at radius 1 is 0.786 bits per heavy atom. The molecule has 0 saturated carbocycles. The first-order valence-corrected chi connectivity index (χ1v) is 12.9. The minimum Gasteiger partial charge on any atom is -0.373 e. The molecular weight excluding hydrogens is 373 g/mol. The number of nitrogens with zero attached hydrogens (tertiary/aromatic N) is 1. The van der Waals surface area contributed by atoms with E-state index >= 15 is 0 Å². The highest BCUT2D eigenvalue weighted by Crippen LogP contribution is 2.52. The SMILES string of the molecule is CCCCCCCC/C=C\CCCCCCCC(O)(C[N+](C)(C)C)P(=O)(O)O. The normalized spacial score (nSPS) is 15.2. The van der Waals surface area contributed by atoms with Crippen molar-refractivity contribution in [2.75, 3.05) is 27.7 Å². The molecule has 0 aliphatic carbocycles. The molecule has 3 N–H and O–H groups in total. The van der Waals surface area contributed by atoms with E-state index in [2.05, 4.69) is 19.1 Å². The van der Waals surface area contributed by atoms with Gasteiger partial charge in [-0.05, 0) is 38.5 Å². The first kappa shape index (κ1) is 27.8. The summed E-state index contributed by atoms with van der Waals surface area (Å²) in [5.41, 5.74) is 0. The molecule has 0 aromatic rings. The van der Waals surface area contributed by atoms with Crippen molar-refractivity contribution in [3.05, 3.63) is 12.2 Å². The van der Waals surface area contributed by atoms with E-state index in [0.29, 0.717) is 10.9 Å². The molecule has 0 saturated heterocycles. The van der Waals surface area contributed by atoms with E-state index in [0.717, 1.165) is 32.1 Å². The lowest BCUT2D eigenvalue weighted by Crippen LogP contribution is -2.49. The van der Waals surface area contributed by atoms with Crippen molar-refractivity contribution in [3.63, 3.8) is 0 Å². The number of allylic oxidation sites excluding steroid dienone is 2. The van der Waals surface area contributed by atoms with Crippen LogP contribution in [0.15, 0.2) is 12.2 Å². The van der Waals surface area contributed by atoms with E-state index < -0.39 is 12.9 Å². The van der Waals surface area contributed by atoms with Crippen LogP contribution in [-0.2, 0) is 4.57 Å². The first-order chi connectivity index (χ1) is 13.0. The quantitative estimate of drug-likeness (QED) is 0.117. The summed E-state index contributed by atoms with van der Waals surface area (Å²) >= 11 is 0. The topological polar surface area (TPSA) is 77.8 Å². The van der Waals surface area contributed by atoms with Crippen LogP contribution in [0.4, 0.5) is 0 Å². The van der Waals surface area contributed by atoms with Crippen LogP contribution in [0.2, 0.25) is 0 Å². The molecule has 1 atom stereocenters. The van der Waals surface area contributed by atoms with Crippen molar-refractivity contribution >= 4 is 7.60 Å². The first-order valence-electron chi connectivity index (χ1n) is 11.3. The third-order valence-corrected chi connectivity index (χ3v) is 6.56. The highest BCUT2D eigenvalue weighted by atomic mass is 31.2. The number of hydrogen-bond acceptors (Lipinski definition) is 2. The van der Waals surface area contributed by atoms with Crippen molar-refractivity contribution in [3.8, 4) is 0 Å². The summed E-state index contributed by atoms with van der Waals surface area (Å²) < 4.78 is 12.1. The highest BCUT2D eigenvalue weighted by Gasteiger charge is 2.48. The third kappa shape index (κ3) is 14.8. The van der Waals surface area contributed by atoms with Gasteiger partial charge < -0.3 is 19.4 Å². The molecule has 0 spiro atoms. The number of likely N-dealkylation sites (N-methyl/N-ethyl adjacent to an activating group) is 1. The second-order valence-electron chi connectivity index (χ2n) is 9.31. The van der Waals surface area contributed by atoms with Crippen LogP contribution < -0.4 is 0 Å². The van der Waals surface area contributed by atoms with Gasteiger partial charge >= 0.3 is 7.60 Å². The van der Waals surface area contributed by atoms with Crippen molar-refractivity contribution < 1.29 is 23.9 Å². The predicted octanol–water partition coefficient (Wildman–Crippen LogP) is 5.60. The fourth-order valence-electron chi connectivity index (χ4n) is 3.56. The second kappa shape index (κ2) is 14.7. The summed E-state index contributed by atoms with van der Waals surface area (Å²) in [5, 5.41) is 8.59. The maximum Gasteiger partial charge on any atom is 0.362 e. The summed E-state index contributed by atoms with van der Waals surface area (Å²) in [4.78, 5) is 19.1. The number of quaternary nitrogens is 1. The average molecular weight is 421 g/mol. The van der Waals surface area contributed by atoms with Gasteiger partial charge in [0, 0.05) is 0 Å². The Bertz CT molecular complexity index is 456. The number of aliphatic hydroxyl groups is 1. The molecule has 0 fully saturated rings. The fourth-order valence-corrected chi connectivity index (χ4v) is 4.61. The molecule has 28 heavy (non-hydrogen) atoms. The molecular formula is C22H47NO4P+. The van der Waals surface area contributed by atoms with Crippen LogP contribution in [0.3, 0.4) is 0 Å². The summed E-state index contributed by atoms with van der Waals surface area (Å²) in [6.07, 6.45) is 20.0. The molecule has 1 unspecified atom stereocenters. The summed E-state index contributed by atoms with van der Waals surface area (Å²) in [6.45, 7) is 2.30. The highest BCUT2D eigenvalue weighted by molar-refractivity contribution is 7.53. The zero-order valence-electron chi connectivity index (χ0n) is 18.9. The Hall–Kier alpha value is -0.190. The van der Waals surface area contributed by atoms with Crippen molar-refractivity contribution in [2.45, 2.75) is 102 Å². The summed E-state index contributed by atoms with van der Waals surface area (Å²) in [5.74, 6) is 0. The lowest BCUT2D eigenvalue weighted by atomic mass is 10.1. The Morgan fingerprint density at radius 3 is 1.64 bits per heavy atom. The third-order valence-electron chi connectivity index (χ3n) is 5.11. The van der Waals surface area contributed by atoms with E-state index in [1.165, 1.54) is 44.9 Å². The molecule has 0 aliphatic rings. The maximum absolute atomic E-state index is 11.7. The van der Waals surface area contributed by atoms with Gasteiger partial charge in [-0.2, -0.15) is 0 Å². The largest absolute Gasteiger partial charge is 0.373 e. The molecule has 0 bridgehead atoms. The lowest BCUT2D eigenvalue weighted by Gasteiger charge is -2.35. The minimum atomic E-state index is -4.54. The Labute approximate surface area is 174 Å². The number of unbranched alkanes of at least 4 members (excludes halogenated alkanes) is 11. The van der Waals surface area contributed by atoms with Gasteiger partial charge in [-0.1, -0.05) is 70.4 Å². The van der Waals surface area contributed by atoms with E-state index in [-0.39, 0.29) is 13.0 Å². The zero-order valence-corrected chi connectivity index (χ0v) is 19.8. The van der Waals surface area contributed by atoms with Crippen LogP contribution >= 0.6 is 7.60 Å². The van der Waals surface area contributed by atoms with E-state index in [1.54, 1.807) is 0 Å². The van der Waals surface area contributed by atoms with Crippen molar-refractivity contribution in [2.24, 2.45) is 0 Å². The zero-order chi connectivity index (χ0) is 21.5. The molecule has 0 radical (unpaired) electrons. The van der Waals surface area contributed by atoms with Crippen molar-refractivity contribution in [1.82, 2.24) is 0 Å². The smallest absolute Gasteiger partial charge is 0.362 e. The van der Waals surface area contributed by atoms with Crippen LogP contribution in [-0.4, -0.2) is 52.4 Å². The van der Waals surface area contributed by atoms with E-state index in [1.807, 2.05) is 21.1 Å². The molecule has 0 rings (SSSR count). The van der Waals surface area contributed by atoms with Gasteiger partial charge in [-0.3, -0.25) is 4.57 Å². The van der Waals surface area contributed by atoms with Gasteiger partial charge in [0.25, 0.3) is 0 Å². The van der Waals surface area contributed by atoms with Crippen molar-refractivity contribution in [1.29, 1.82) is 0 Å². The molecule has 0 heterocycles. The van der Waals surface area contributed by atoms with Gasteiger partial charge in [0.1, 0.15) is 6.54 Å². The number of hydrogen-bond donors (Lipinski definition) is 3. The van der Waals surface area contributed by atoms with Gasteiger partial charge in [-0.15, -0.1) is 0 Å². The van der Waals surface area contributed by atoms with Crippen LogP contribution in [0.25, 0.3) is 0 Å². The number of rotatable bonds is 18. The van der Waals surface area contributed by atoms with Gasteiger partial charge in [-0.25, -0.2) is 0 Å². The van der Waals surface area contributed by atoms with E-state index in [9.17, 15) is 19.5 Å². The second-order valence-corrected chi connectivity index (χ2v) is 11.2. The monoisotopic (exact) mass is 420 g/mol. The Balaban J connectivity index is 3.77. The van der Waals surface area contributed by atoms with Gasteiger partial charge in [0.2, 0.25) is 5.34 Å². The van der Waals surface area contributed by atoms with Gasteiger partial charge in [0.15, 0.2) is 0 Å². The maximum atomic E-state index is 11.7. The predicted molar refractivity (Wildman–Crippen MR) is 119 cm³/mol. The van der Waals surface area contributed by atoms with Gasteiger partial charge in [0.05, 0.1) is 21.1 Å². The summed E-state index contributed by atoms with van der Waals surface area (Å²) in [7, 11) is 0.960. The molecule has 0 amide bonds. The molecule has 5 nitrogen and oxygen atoms in total. The molecule has 0 aromatic heterocycles. The van der Waals surface area contributed by atoms with E-state index in [4.69, 9.17) is 0 Å². The molecule has 0 aromatic carbocycles. The van der Waals surface area contributed by atoms with Crippen LogP contribution in [0.1, 0.15) is 96.8 Å². The van der Waals surface area contributed by atoms with Crippen LogP contribution in [0.5, 0.6) is 0 Å². The molecule has 6 heteroatoms. The molecule has 168 valence electrons. The van der Waals surface area contributed by atoms with Crippen LogP contribution in [0, 0.1) is 0 Å². The fraction of sp³-hybridized carbons (Fsp3) is 0.909. The molecule has 0 aliphatic heterocycles. The lowest BCUT2D eigenvalue weighted by molar-refractivity contribution is -0.875. The summed E-state index contributed by atoms with van der Waals surface area (Å²) in [6, 6.07) is 0. The minimum absolute atomic E-state index is 0.0562. The Morgan fingerprint density at radius 2 is 1.21 bits per heavy atom. The average Bonchev–Trinajstić information content (AvgIpc) is 2.56. The standard InChI is InChI=1S/C22H46NO4P/c1-5-6-7-8-9-10-11-12-13-14-15-16-17-18-19-20-22(24,28(25,26)27)21-23(2,3)4/h12-13,24H,5-11,14-21H2,1-4H3,(H-,25,26,27)/p+1/b13-12-.